The normalized spacial score (nSPS) is 23.4. The fourth-order valence-corrected chi connectivity index (χ4v) is 3.03. The summed E-state index contributed by atoms with van der Waals surface area (Å²) in [5, 5.41) is 6.32. The summed E-state index contributed by atoms with van der Waals surface area (Å²) in [4.78, 5) is 14.7. The van der Waals surface area contributed by atoms with Crippen LogP contribution in [0.4, 0.5) is 0 Å². The van der Waals surface area contributed by atoms with Crippen LogP contribution in [0.2, 0.25) is 0 Å². The van der Waals surface area contributed by atoms with Crippen molar-refractivity contribution in [1.29, 1.82) is 0 Å². The van der Waals surface area contributed by atoms with Crippen molar-refractivity contribution in [2.75, 3.05) is 46.4 Å². The molecule has 0 aromatic carbocycles. The number of carbonyl (C=O) groups is 1. The van der Waals surface area contributed by atoms with Crippen molar-refractivity contribution in [3.05, 3.63) is 0 Å². The molecule has 5 heteroatoms. The number of amides is 1. The van der Waals surface area contributed by atoms with Crippen molar-refractivity contribution in [3.8, 4) is 0 Å². The van der Waals surface area contributed by atoms with Crippen LogP contribution < -0.4 is 10.6 Å². The Bertz CT molecular complexity index is 284. The molecule has 0 atom stereocenters. The van der Waals surface area contributed by atoms with Gasteiger partial charge in [0.05, 0.1) is 0 Å². The van der Waals surface area contributed by atoms with Gasteiger partial charge in [0.1, 0.15) is 5.60 Å². The minimum absolute atomic E-state index is 0.0675. The van der Waals surface area contributed by atoms with Gasteiger partial charge in [-0.2, -0.15) is 0 Å². The van der Waals surface area contributed by atoms with Gasteiger partial charge < -0.3 is 20.3 Å². The Kier molecular flexibility index (Phi) is 5.60. The first-order valence-corrected chi connectivity index (χ1v) is 7.53. The molecule has 2 heterocycles. The quantitative estimate of drug-likeness (QED) is 0.684. The van der Waals surface area contributed by atoms with Gasteiger partial charge in [-0.3, -0.25) is 4.79 Å². The summed E-state index contributed by atoms with van der Waals surface area (Å²) in [5.41, 5.74) is -0.598. The molecule has 0 aliphatic carbocycles. The minimum atomic E-state index is -0.598. The standard InChI is InChI=1S/C14H27N3O2/c1-19-14(5-8-15-9-6-14)13(18)16-7-4-12-17-10-2-3-11-17/h15H,2-12H2,1H3,(H,16,18). The molecule has 0 bridgehead atoms. The number of rotatable bonds is 6. The summed E-state index contributed by atoms with van der Waals surface area (Å²) in [6.07, 6.45) is 5.21. The van der Waals surface area contributed by atoms with Gasteiger partial charge in [-0.15, -0.1) is 0 Å². The Labute approximate surface area is 116 Å². The Morgan fingerprint density at radius 2 is 2.00 bits per heavy atom. The Hall–Kier alpha value is -0.650. The monoisotopic (exact) mass is 269 g/mol. The van der Waals surface area contributed by atoms with Crippen LogP contribution in [0.5, 0.6) is 0 Å². The summed E-state index contributed by atoms with van der Waals surface area (Å²) in [5.74, 6) is 0.0675. The topological polar surface area (TPSA) is 53.6 Å². The van der Waals surface area contributed by atoms with Gasteiger partial charge in [0.25, 0.3) is 5.91 Å². The molecule has 0 unspecified atom stereocenters. The molecule has 0 spiro atoms. The van der Waals surface area contributed by atoms with Gasteiger partial charge in [-0.25, -0.2) is 0 Å². The molecule has 2 aliphatic heterocycles. The molecule has 5 nitrogen and oxygen atoms in total. The Morgan fingerprint density at radius 3 is 2.63 bits per heavy atom. The van der Waals surface area contributed by atoms with Crippen LogP contribution in [-0.2, 0) is 9.53 Å². The van der Waals surface area contributed by atoms with Crippen molar-refractivity contribution in [2.45, 2.75) is 37.7 Å². The largest absolute Gasteiger partial charge is 0.368 e. The van der Waals surface area contributed by atoms with Crippen LogP contribution in [0.3, 0.4) is 0 Å². The van der Waals surface area contributed by atoms with Crippen molar-refractivity contribution in [3.63, 3.8) is 0 Å². The number of hydrogen-bond donors (Lipinski definition) is 2. The molecular formula is C14H27N3O2. The Balaban J connectivity index is 1.67. The first kappa shape index (κ1) is 14.8. The van der Waals surface area contributed by atoms with Crippen LogP contribution in [0.15, 0.2) is 0 Å². The molecule has 19 heavy (non-hydrogen) atoms. The molecule has 1 amide bonds. The third kappa shape index (κ3) is 3.91. The van der Waals surface area contributed by atoms with E-state index in [1.165, 1.54) is 25.9 Å². The van der Waals surface area contributed by atoms with E-state index in [1.807, 2.05) is 0 Å². The van der Waals surface area contributed by atoms with E-state index in [4.69, 9.17) is 4.74 Å². The molecule has 0 saturated carbocycles. The lowest BCUT2D eigenvalue weighted by molar-refractivity contribution is -0.146. The fourth-order valence-electron chi connectivity index (χ4n) is 3.03. The highest BCUT2D eigenvalue weighted by Crippen LogP contribution is 2.22. The lowest BCUT2D eigenvalue weighted by atomic mass is 9.91. The highest BCUT2D eigenvalue weighted by molar-refractivity contribution is 5.85. The highest BCUT2D eigenvalue weighted by atomic mass is 16.5. The van der Waals surface area contributed by atoms with E-state index >= 15 is 0 Å². The van der Waals surface area contributed by atoms with Gasteiger partial charge >= 0.3 is 0 Å². The maximum absolute atomic E-state index is 12.3. The predicted octanol–water partition coefficient (Wildman–Crippen LogP) is 0.357. The molecule has 2 aliphatic rings. The van der Waals surface area contributed by atoms with E-state index < -0.39 is 5.60 Å². The summed E-state index contributed by atoms with van der Waals surface area (Å²) >= 11 is 0. The lowest BCUT2D eigenvalue weighted by Crippen LogP contribution is -2.54. The van der Waals surface area contributed by atoms with Gasteiger partial charge in [0.15, 0.2) is 0 Å². The summed E-state index contributed by atoms with van der Waals surface area (Å²) in [6, 6.07) is 0. The van der Waals surface area contributed by atoms with Crippen LogP contribution >= 0.6 is 0 Å². The zero-order valence-electron chi connectivity index (χ0n) is 12.0. The summed E-state index contributed by atoms with van der Waals surface area (Å²) in [7, 11) is 1.65. The van der Waals surface area contributed by atoms with Gasteiger partial charge in [-0.05, 0) is 64.8 Å². The molecule has 2 rings (SSSR count). The van der Waals surface area contributed by atoms with Crippen molar-refractivity contribution in [2.24, 2.45) is 0 Å². The first-order valence-electron chi connectivity index (χ1n) is 7.53. The number of carbonyl (C=O) groups excluding carboxylic acids is 1. The number of hydrogen-bond acceptors (Lipinski definition) is 4. The smallest absolute Gasteiger partial charge is 0.252 e. The van der Waals surface area contributed by atoms with Crippen LogP contribution in [-0.4, -0.2) is 62.8 Å². The predicted molar refractivity (Wildman–Crippen MR) is 75.1 cm³/mol. The third-order valence-corrected chi connectivity index (χ3v) is 4.35. The molecule has 0 radical (unpaired) electrons. The van der Waals surface area contributed by atoms with E-state index in [0.29, 0.717) is 0 Å². The second kappa shape index (κ2) is 7.22. The molecule has 2 saturated heterocycles. The van der Waals surface area contributed by atoms with Crippen LogP contribution in [0.1, 0.15) is 32.1 Å². The van der Waals surface area contributed by atoms with Gasteiger partial charge in [0, 0.05) is 13.7 Å². The molecule has 110 valence electrons. The number of ether oxygens (including phenoxy) is 1. The second-order valence-electron chi connectivity index (χ2n) is 5.61. The number of methoxy groups -OCH3 is 1. The van der Waals surface area contributed by atoms with E-state index in [9.17, 15) is 4.79 Å². The van der Waals surface area contributed by atoms with E-state index in [1.54, 1.807) is 7.11 Å². The van der Waals surface area contributed by atoms with Crippen molar-refractivity contribution in [1.82, 2.24) is 15.5 Å². The van der Waals surface area contributed by atoms with Crippen LogP contribution in [0, 0.1) is 0 Å². The highest BCUT2D eigenvalue weighted by Gasteiger charge is 2.39. The van der Waals surface area contributed by atoms with E-state index in [-0.39, 0.29) is 5.91 Å². The number of likely N-dealkylation sites (tertiary alicyclic amines) is 1. The number of nitrogens with one attached hydrogen (secondary N) is 2. The molecule has 0 aromatic heterocycles. The average Bonchev–Trinajstić information content (AvgIpc) is 2.97. The average molecular weight is 269 g/mol. The third-order valence-electron chi connectivity index (χ3n) is 4.35. The number of nitrogens with zero attached hydrogens (tertiary/aromatic N) is 1. The van der Waals surface area contributed by atoms with E-state index in [0.717, 1.165) is 45.4 Å². The summed E-state index contributed by atoms with van der Waals surface area (Å²) in [6.45, 7) is 6.02. The van der Waals surface area contributed by atoms with Crippen molar-refractivity contribution < 1.29 is 9.53 Å². The summed E-state index contributed by atoms with van der Waals surface area (Å²) < 4.78 is 5.51. The Morgan fingerprint density at radius 1 is 1.32 bits per heavy atom. The van der Waals surface area contributed by atoms with Gasteiger partial charge in [0.2, 0.25) is 0 Å². The lowest BCUT2D eigenvalue weighted by Gasteiger charge is -2.34. The SMILES string of the molecule is COC1(C(=O)NCCCN2CCCC2)CCNCC1. The minimum Gasteiger partial charge on any atom is -0.368 e. The van der Waals surface area contributed by atoms with Crippen LogP contribution in [0.25, 0.3) is 0 Å². The van der Waals surface area contributed by atoms with E-state index in [2.05, 4.69) is 15.5 Å². The molecule has 2 N–H and O–H groups in total. The fraction of sp³-hybridized carbons (Fsp3) is 0.929. The number of piperidine rings is 1. The molecular weight excluding hydrogens is 242 g/mol. The van der Waals surface area contributed by atoms with Gasteiger partial charge in [-0.1, -0.05) is 0 Å². The maximum Gasteiger partial charge on any atom is 0.252 e. The maximum atomic E-state index is 12.3. The van der Waals surface area contributed by atoms with Crippen molar-refractivity contribution >= 4 is 5.91 Å². The zero-order valence-corrected chi connectivity index (χ0v) is 12.0. The first-order chi connectivity index (χ1) is 9.27. The second-order valence-corrected chi connectivity index (χ2v) is 5.61. The molecule has 0 aromatic rings. The zero-order chi connectivity index (χ0) is 13.6. The molecule has 2 fully saturated rings.